The van der Waals surface area contributed by atoms with Gasteiger partial charge in [-0.3, -0.25) is 4.79 Å². The predicted molar refractivity (Wildman–Crippen MR) is 60.9 cm³/mol. The second-order valence-corrected chi connectivity index (χ2v) is 5.09. The summed E-state index contributed by atoms with van der Waals surface area (Å²) in [4.78, 5) is 13.9. The number of aliphatic hydroxyl groups excluding tert-OH is 1. The Balaban J connectivity index is 2.66. The molecule has 1 N–H and O–H groups in total. The maximum atomic E-state index is 12.2. The second-order valence-electron chi connectivity index (χ2n) is 4.82. The molecule has 0 spiro atoms. The summed E-state index contributed by atoms with van der Waals surface area (Å²) in [5.74, 6) is 0.386. The highest BCUT2D eigenvalue weighted by Crippen LogP contribution is 2.29. The number of halogens is 1. The topological polar surface area (TPSA) is 40.5 Å². The van der Waals surface area contributed by atoms with Crippen molar-refractivity contribution < 1.29 is 9.90 Å². The lowest BCUT2D eigenvalue weighted by molar-refractivity contribution is -0.144. The van der Waals surface area contributed by atoms with Crippen LogP contribution in [-0.4, -0.2) is 41.0 Å². The molecular formula is C11H20ClNO2. The highest BCUT2D eigenvalue weighted by Gasteiger charge is 2.36. The van der Waals surface area contributed by atoms with Crippen molar-refractivity contribution in [3.8, 4) is 0 Å². The number of carbonyl (C=O) groups excluding carboxylic acids is 1. The average Bonchev–Trinajstić information content (AvgIpc) is 2.13. The molecule has 3 nitrogen and oxygen atoms in total. The van der Waals surface area contributed by atoms with Crippen molar-refractivity contribution in [2.24, 2.45) is 5.41 Å². The largest absolute Gasteiger partial charge is 0.395 e. The molecule has 1 aliphatic rings. The summed E-state index contributed by atoms with van der Waals surface area (Å²) in [6.45, 7) is 4.17. The molecule has 0 aromatic carbocycles. The fourth-order valence-corrected chi connectivity index (χ4v) is 1.82. The van der Waals surface area contributed by atoms with Gasteiger partial charge in [0, 0.05) is 18.5 Å². The molecule has 0 radical (unpaired) electrons. The van der Waals surface area contributed by atoms with Crippen LogP contribution in [0.4, 0.5) is 0 Å². The van der Waals surface area contributed by atoms with Gasteiger partial charge >= 0.3 is 0 Å². The Hall–Kier alpha value is -0.280. The highest BCUT2D eigenvalue weighted by molar-refractivity contribution is 6.19. The zero-order valence-electron chi connectivity index (χ0n) is 9.50. The predicted octanol–water partition coefficient (Wildman–Crippen LogP) is 1.62. The van der Waals surface area contributed by atoms with Crippen LogP contribution in [0.3, 0.4) is 0 Å². The van der Waals surface area contributed by atoms with Gasteiger partial charge in [-0.2, -0.15) is 0 Å². The molecule has 4 heteroatoms. The monoisotopic (exact) mass is 233 g/mol. The van der Waals surface area contributed by atoms with Crippen LogP contribution in [0.15, 0.2) is 0 Å². The van der Waals surface area contributed by atoms with E-state index in [1.54, 1.807) is 4.90 Å². The van der Waals surface area contributed by atoms with Crippen LogP contribution in [0.1, 0.15) is 33.1 Å². The molecule has 1 amide bonds. The Labute approximate surface area is 96.4 Å². The first-order valence-corrected chi connectivity index (χ1v) is 6.04. The van der Waals surface area contributed by atoms with Crippen LogP contribution >= 0.6 is 11.6 Å². The molecule has 0 aromatic heterocycles. The lowest BCUT2D eigenvalue weighted by Gasteiger charge is -2.40. The number of aliphatic hydroxyl groups is 1. The summed E-state index contributed by atoms with van der Waals surface area (Å²) in [6.07, 6.45) is 3.30. The van der Waals surface area contributed by atoms with E-state index in [1.165, 1.54) is 6.42 Å². The normalized spacial score (nSPS) is 17.3. The minimum absolute atomic E-state index is 0.0284. The number of carbonyl (C=O) groups is 1. The van der Waals surface area contributed by atoms with E-state index < -0.39 is 5.41 Å². The van der Waals surface area contributed by atoms with Gasteiger partial charge in [0.05, 0.1) is 12.0 Å². The van der Waals surface area contributed by atoms with Gasteiger partial charge in [-0.1, -0.05) is 0 Å². The smallest absolute Gasteiger partial charge is 0.229 e. The number of hydrogen-bond acceptors (Lipinski definition) is 2. The van der Waals surface area contributed by atoms with Gasteiger partial charge in [0.1, 0.15) is 0 Å². The van der Waals surface area contributed by atoms with Gasteiger partial charge in [-0.25, -0.2) is 0 Å². The third-order valence-electron chi connectivity index (χ3n) is 3.03. The number of nitrogens with zero attached hydrogens (tertiary/aromatic N) is 1. The van der Waals surface area contributed by atoms with Gasteiger partial charge in [0.25, 0.3) is 0 Å². The maximum absolute atomic E-state index is 12.2. The first kappa shape index (κ1) is 12.8. The molecule has 0 saturated heterocycles. The molecule has 0 unspecified atom stereocenters. The van der Waals surface area contributed by atoms with Crippen LogP contribution in [0.2, 0.25) is 0 Å². The Kier molecular flexibility index (Phi) is 4.41. The van der Waals surface area contributed by atoms with Crippen molar-refractivity contribution in [2.45, 2.75) is 39.2 Å². The SMILES string of the molecule is CC(C)(CCl)C(=O)N(CCO)C1CCC1. The maximum Gasteiger partial charge on any atom is 0.229 e. The standard InChI is InChI=1S/C11H20ClNO2/c1-11(2,8-12)10(15)13(6-7-14)9-4-3-5-9/h9,14H,3-8H2,1-2H3. The van der Waals surface area contributed by atoms with Gasteiger partial charge in [0.2, 0.25) is 5.91 Å². The Bertz CT molecular complexity index is 227. The first-order chi connectivity index (χ1) is 7.03. The second kappa shape index (κ2) is 5.17. The van der Waals surface area contributed by atoms with Crippen LogP contribution in [0, 0.1) is 5.41 Å². The highest BCUT2D eigenvalue weighted by atomic mass is 35.5. The van der Waals surface area contributed by atoms with Gasteiger partial charge < -0.3 is 10.0 Å². The molecule has 1 aliphatic carbocycles. The summed E-state index contributed by atoms with van der Waals surface area (Å²) >= 11 is 5.79. The van der Waals surface area contributed by atoms with Crippen molar-refractivity contribution in [2.75, 3.05) is 19.0 Å². The van der Waals surface area contributed by atoms with Crippen molar-refractivity contribution in [3.05, 3.63) is 0 Å². The van der Waals surface area contributed by atoms with Gasteiger partial charge in [0.15, 0.2) is 0 Å². The number of amides is 1. The zero-order chi connectivity index (χ0) is 11.5. The fourth-order valence-electron chi connectivity index (χ4n) is 1.70. The molecule has 1 rings (SSSR count). The Morgan fingerprint density at radius 1 is 1.53 bits per heavy atom. The summed E-state index contributed by atoms with van der Waals surface area (Å²) in [5, 5.41) is 8.97. The molecule has 1 fully saturated rings. The van der Waals surface area contributed by atoms with E-state index in [1.807, 2.05) is 13.8 Å². The minimum atomic E-state index is -0.522. The van der Waals surface area contributed by atoms with Gasteiger partial charge in [-0.15, -0.1) is 11.6 Å². The third-order valence-corrected chi connectivity index (χ3v) is 3.70. The number of alkyl halides is 1. The Morgan fingerprint density at radius 2 is 2.13 bits per heavy atom. The van der Waals surface area contributed by atoms with E-state index in [2.05, 4.69) is 0 Å². The lowest BCUT2D eigenvalue weighted by Crippen LogP contribution is -2.51. The lowest BCUT2D eigenvalue weighted by atomic mass is 9.87. The number of rotatable bonds is 5. The van der Waals surface area contributed by atoms with Crippen LogP contribution < -0.4 is 0 Å². The molecule has 0 aliphatic heterocycles. The quantitative estimate of drug-likeness (QED) is 0.734. The van der Waals surface area contributed by atoms with Crippen LogP contribution in [0.25, 0.3) is 0 Å². The van der Waals surface area contributed by atoms with Crippen LogP contribution in [0.5, 0.6) is 0 Å². The molecule has 88 valence electrons. The van der Waals surface area contributed by atoms with E-state index in [0.717, 1.165) is 12.8 Å². The number of hydrogen-bond donors (Lipinski definition) is 1. The van der Waals surface area contributed by atoms with E-state index >= 15 is 0 Å². The Morgan fingerprint density at radius 3 is 2.47 bits per heavy atom. The summed E-state index contributed by atoms with van der Waals surface area (Å²) in [7, 11) is 0. The fraction of sp³-hybridized carbons (Fsp3) is 0.909. The molecule has 0 atom stereocenters. The molecular weight excluding hydrogens is 214 g/mol. The van der Waals surface area contributed by atoms with E-state index in [-0.39, 0.29) is 12.5 Å². The average molecular weight is 234 g/mol. The van der Waals surface area contributed by atoms with E-state index in [4.69, 9.17) is 16.7 Å². The van der Waals surface area contributed by atoms with Crippen molar-refractivity contribution in [1.82, 2.24) is 4.90 Å². The third kappa shape index (κ3) is 2.85. The molecule has 15 heavy (non-hydrogen) atoms. The van der Waals surface area contributed by atoms with Crippen LogP contribution in [-0.2, 0) is 4.79 Å². The molecule has 1 saturated carbocycles. The summed E-state index contributed by atoms with van der Waals surface area (Å²) in [5.41, 5.74) is -0.522. The van der Waals surface area contributed by atoms with Gasteiger partial charge in [-0.05, 0) is 33.1 Å². The minimum Gasteiger partial charge on any atom is -0.395 e. The first-order valence-electron chi connectivity index (χ1n) is 5.51. The van der Waals surface area contributed by atoms with Crippen molar-refractivity contribution in [3.63, 3.8) is 0 Å². The zero-order valence-corrected chi connectivity index (χ0v) is 10.3. The molecule has 0 heterocycles. The van der Waals surface area contributed by atoms with E-state index in [0.29, 0.717) is 18.5 Å². The van der Waals surface area contributed by atoms with Crippen molar-refractivity contribution >= 4 is 17.5 Å². The summed E-state index contributed by atoms with van der Waals surface area (Å²) in [6, 6.07) is 0.326. The van der Waals surface area contributed by atoms with E-state index in [9.17, 15) is 4.79 Å². The van der Waals surface area contributed by atoms with Crippen molar-refractivity contribution in [1.29, 1.82) is 0 Å². The molecule has 0 bridgehead atoms. The molecule has 0 aromatic rings. The summed E-state index contributed by atoms with van der Waals surface area (Å²) < 4.78 is 0.